The molecular weight excluding hydrogens is 272 g/mol. The van der Waals surface area contributed by atoms with E-state index in [0.29, 0.717) is 33.4 Å². The zero-order chi connectivity index (χ0) is 14.6. The summed E-state index contributed by atoms with van der Waals surface area (Å²) in [5.41, 5.74) is 1.03. The summed E-state index contributed by atoms with van der Waals surface area (Å²) in [6.07, 6.45) is 1.07. The summed E-state index contributed by atoms with van der Waals surface area (Å²) in [4.78, 5) is 10.7. The van der Waals surface area contributed by atoms with Crippen molar-refractivity contribution in [2.45, 2.75) is 6.92 Å². The number of aliphatic carboxylic acids is 1. The highest BCUT2D eigenvalue weighted by molar-refractivity contribution is 6.32. The Morgan fingerprint density at radius 1 is 1.16 bits per heavy atom. The maximum Gasteiger partial charge on any atom is 0.328 e. The van der Waals surface area contributed by atoms with Gasteiger partial charge >= 0.3 is 5.97 Å². The summed E-state index contributed by atoms with van der Waals surface area (Å²) in [5, 5.41) is 9.11. The smallest absolute Gasteiger partial charge is 0.328 e. The van der Waals surface area contributed by atoms with Crippen LogP contribution in [0.3, 0.4) is 0 Å². The molecule has 19 heavy (non-hydrogen) atoms. The molecule has 0 aromatic heterocycles. The Hall–Kier alpha value is -1.88. The van der Waals surface area contributed by atoms with E-state index in [-0.39, 0.29) is 0 Å². The number of allylic oxidation sites excluding steroid dienone is 1. The maximum absolute atomic E-state index is 10.7. The molecule has 0 unspecified atom stereocenters. The Bertz CT molecular complexity index is 522. The van der Waals surface area contributed by atoms with Crippen molar-refractivity contribution in [3.05, 3.63) is 22.7 Å². The summed E-state index contributed by atoms with van der Waals surface area (Å²) in [7, 11) is 4.38. The van der Waals surface area contributed by atoms with E-state index in [0.717, 1.165) is 6.08 Å². The van der Waals surface area contributed by atoms with Crippen molar-refractivity contribution < 1.29 is 24.1 Å². The number of ether oxygens (including phenoxy) is 3. The highest BCUT2D eigenvalue weighted by atomic mass is 35.5. The molecule has 5 nitrogen and oxygen atoms in total. The quantitative estimate of drug-likeness (QED) is 0.843. The van der Waals surface area contributed by atoms with Crippen molar-refractivity contribution in [3.63, 3.8) is 0 Å². The zero-order valence-electron chi connectivity index (χ0n) is 11.1. The van der Waals surface area contributed by atoms with Gasteiger partial charge in [-0.25, -0.2) is 4.79 Å². The van der Waals surface area contributed by atoms with Gasteiger partial charge in [-0.05, 0) is 18.6 Å². The fourth-order valence-corrected chi connectivity index (χ4v) is 2.00. The third-order valence-electron chi connectivity index (χ3n) is 2.52. The minimum absolute atomic E-state index is 0.313. The molecule has 0 heterocycles. The van der Waals surface area contributed by atoms with E-state index in [4.69, 9.17) is 30.9 Å². The lowest BCUT2D eigenvalue weighted by Gasteiger charge is -2.17. The number of benzene rings is 1. The fraction of sp³-hybridized carbons (Fsp3) is 0.308. The van der Waals surface area contributed by atoms with Gasteiger partial charge in [0, 0.05) is 11.6 Å². The standard InChI is InChI=1S/C13H15ClO5/c1-7(5-10(15)16)8-6-9(14)12(18-3)13(19-4)11(8)17-2/h5-6H,1-4H3,(H,15,16)/b7-5+. The largest absolute Gasteiger partial charge is 0.492 e. The summed E-state index contributed by atoms with van der Waals surface area (Å²) in [6.45, 7) is 1.65. The first-order valence-electron chi connectivity index (χ1n) is 5.36. The second-order valence-corrected chi connectivity index (χ2v) is 4.08. The lowest BCUT2D eigenvalue weighted by Crippen LogP contribution is -2.00. The van der Waals surface area contributed by atoms with Crippen LogP contribution in [0, 0.1) is 0 Å². The SMILES string of the molecule is COc1c(Cl)cc(/C(C)=C/C(=O)O)c(OC)c1OC. The van der Waals surface area contributed by atoms with Crippen molar-refractivity contribution in [1.82, 2.24) is 0 Å². The first-order chi connectivity index (χ1) is 8.96. The number of carboxylic acid groups (broad SMARTS) is 1. The van der Waals surface area contributed by atoms with Crippen molar-refractivity contribution in [3.8, 4) is 17.2 Å². The maximum atomic E-state index is 10.7. The van der Waals surface area contributed by atoms with Gasteiger partial charge in [-0.3, -0.25) is 0 Å². The minimum Gasteiger partial charge on any atom is -0.492 e. The Balaban J connectivity index is 3.57. The molecule has 0 aliphatic heterocycles. The molecular formula is C13H15ClO5. The van der Waals surface area contributed by atoms with E-state index >= 15 is 0 Å². The second-order valence-electron chi connectivity index (χ2n) is 3.67. The van der Waals surface area contributed by atoms with Crippen molar-refractivity contribution in [2.75, 3.05) is 21.3 Å². The molecule has 0 atom stereocenters. The van der Waals surface area contributed by atoms with Crippen LogP contribution in [0.4, 0.5) is 0 Å². The number of hydrogen-bond acceptors (Lipinski definition) is 4. The van der Waals surface area contributed by atoms with E-state index < -0.39 is 5.97 Å². The van der Waals surface area contributed by atoms with Crippen LogP contribution >= 0.6 is 11.6 Å². The fourth-order valence-electron chi connectivity index (χ4n) is 1.73. The lowest BCUT2D eigenvalue weighted by atomic mass is 10.0. The second kappa shape index (κ2) is 6.33. The third-order valence-corrected chi connectivity index (χ3v) is 2.80. The van der Waals surface area contributed by atoms with E-state index in [1.807, 2.05) is 0 Å². The molecule has 0 aliphatic rings. The lowest BCUT2D eigenvalue weighted by molar-refractivity contribution is -0.131. The van der Waals surface area contributed by atoms with Gasteiger partial charge in [-0.1, -0.05) is 11.6 Å². The summed E-state index contributed by atoms with van der Waals surface area (Å²) >= 11 is 6.09. The molecule has 6 heteroatoms. The van der Waals surface area contributed by atoms with Gasteiger partial charge in [0.25, 0.3) is 0 Å². The molecule has 1 aromatic rings. The molecule has 1 aromatic carbocycles. The van der Waals surface area contributed by atoms with Crippen LogP contribution in [0.25, 0.3) is 5.57 Å². The first-order valence-corrected chi connectivity index (χ1v) is 5.74. The zero-order valence-corrected chi connectivity index (χ0v) is 11.9. The van der Waals surface area contributed by atoms with Crippen LogP contribution in [0.5, 0.6) is 17.2 Å². The van der Waals surface area contributed by atoms with Crippen LogP contribution in [-0.4, -0.2) is 32.4 Å². The number of carbonyl (C=O) groups is 1. The van der Waals surface area contributed by atoms with E-state index in [2.05, 4.69) is 0 Å². The van der Waals surface area contributed by atoms with Gasteiger partial charge < -0.3 is 19.3 Å². The van der Waals surface area contributed by atoms with E-state index in [1.54, 1.807) is 13.0 Å². The summed E-state index contributed by atoms with van der Waals surface area (Å²) in [6, 6.07) is 1.58. The highest BCUT2D eigenvalue weighted by Crippen LogP contribution is 2.46. The molecule has 0 saturated carbocycles. The minimum atomic E-state index is -1.05. The van der Waals surface area contributed by atoms with Crippen LogP contribution in [0.1, 0.15) is 12.5 Å². The Morgan fingerprint density at radius 2 is 1.68 bits per heavy atom. The molecule has 0 radical (unpaired) electrons. The molecule has 1 N–H and O–H groups in total. The van der Waals surface area contributed by atoms with Crippen molar-refractivity contribution >= 4 is 23.1 Å². The molecule has 0 spiro atoms. The normalized spacial score (nSPS) is 11.1. The van der Waals surface area contributed by atoms with Crippen molar-refractivity contribution in [1.29, 1.82) is 0 Å². The van der Waals surface area contributed by atoms with Crippen LogP contribution < -0.4 is 14.2 Å². The van der Waals surface area contributed by atoms with E-state index in [9.17, 15) is 4.79 Å². The van der Waals surface area contributed by atoms with Crippen LogP contribution in [0.2, 0.25) is 5.02 Å². The van der Waals surface area contributed by atoms with Crippen LogP contribution in [0.15, 0.2) is 12.1 Å². The van der Waals surface area contributed by atoms with E-state index in [1.165, 1.54) is 21.3 Å². The number of halogens is 1. The average molecular weight is 287 g/mol. The Kier molecular flexibility index (Phi) is 5.06. The molecule has 1 rings (SSSR count). The highest BCUT2D eigenvalue weighted by Gasteiger charge is 2.20. The van der Waals surface area contributed by atoms with Gasteiger partial charge in [0.2, 0.25) is 5.75 Å². The number of methoxy groups -OCH3 is 3. The van der Waals surface area contributed by atoms with Gasteiger partial charge in [-0.15, -0.1) is 0 Å². The number of carboxylic acids is 1. The first kappa shape index (κ1) is 15.2. The Labute approximate surface area is 116 Å². The van der Waals surface area contributed by atoms with Gasteiger partial charge in [0.15, 0.2) is 11.5 Å². The summed E-state index contributed by atoms with van der Waals surface area (Å²) in [5.74, 6) is -0.0114. The molecule has 0 saturated heterocycles. The predicted molar refractivity (Wildman–Crippen MR) is 72.4 cm³/mol. The number of hydrogen-bond donors (Lipinski definition) is 1. The monoisotopic (exact) mass is 286 g/mol. The van der Waals surface area contributed by atoms with Crippen LogP contribution in [-0.2, 0) is 4.79 Å². The predicted octanol–water partition coefficient (Wildman–Crippen LogP) is 2.85. The molecule has 0 amide bonds. The van der Waals surface area contributed by atoms with Gasteiger partial charge in [0.05, 0.1) is 26.4 Å². The number of rotatable bonds is 5. The Morgan fingerprint density at radius 3 is 2.11 bits per heavy atom. The topological polar surface area (TPSA) is 65.0 Å². The molecule has 104 valence electrons. The third kappa shape index (κ3) is 3.12. The molecule has 0 fully saturated rings. The van der Waals surface area contributed by atoms with Gasteiger partial charge in [-0.2, -0.15) is 0 Å². The summed E-state index contributed by atoms with van der Waals surface area (Å²) < 4.78 is 15.6. The molecule has 0 aliphatic carbocycles. The molecule has 0 bridgehead atoms. The van der Waals surface area contributed by atoms with Gasteiger partial charge in [0.1, 0.15) is 0 Å². The van der Waals surface area contributed by atoms with Crippen molar-refractivity contribution in [2.24, 2.45) is 0 Å². The average Bonchev–Trinajstić information content (AvgIpc) is 2.36.